The number of hydrogen-bond donors (Lipinski definition) is 1. The summed E-state index contributed by atoms with van der Waals surface area (Å²) in [5, 5.41) is 0. The van der Waals surface area contributed by atoms with Crippen molar-refractivity contribution >= 4 is 21.6 Å². The van der Waals surface area contributed by atoms with E-state index in [4.69, 9.17) is 0 Å². The first-order valence-electron chi connectivity index (χ1n) is 10.7. The van der Waals surface area contributed by atoms with Gasteiger partial charge in [0.2, 0.25) is 0 Å². The predicted octanol–water partition coefficient (Wildman–Crippen LogP) is 3.50. The lowest BCUT2D eigenvalue weighted by Crippen LogP contribution is -2.51. The maximum Gasteiger partial charge on any atom is 0.261 e. The number of sulfonamides is 1. The van der Waals surface area contributed by atoms with Crippen molar-refractivity contribution in [3.8, 4) is 0 Å². The van der Waals surface area contributed by atoms with Gasteiger partial charge in [0.1, 0.15) is 0 Å². The van der Waals surface area contributed by atoms with E-state index in [1.54, 1.807) is 24.3 Å². The molecular formula is C23H29N3O3S. The van der Waals surface area contributed by atoms with E-state index in [2.05, 4.69) is 9.62 Å². The van der Waals surface area contributed by atoms with Crippen LogP contribution in [0.2, 0.25) is 0 Å². The highest BCUT2D eigenvalue weighted by Gasteiger charge is 2.28. The lowest BCUT2D eigenvalue weighted by molar-refractivity contribution is 0.0573. The molecule has 2 fully saturated rings. The Hall–Kier alpha value is -2.38. The molecule has 1 saturated heterocycles. The van der Waals surface area contributed by atoms with Crippen molar-refractivity contribution in [3.05, 3.63) is 59.7 Å². The van der Waals surface area contributed by atoms with Crippen molar-refractivity contribution < 1.29 is 13.2 Å². The Kier molecular flexibility index (Phi) is 6.11. The van der Waals surface area contributed by atoms with Crippen LogP contribution in [0.15, 0.2) is 53.4 Å². The van der Waals surface area contributed by atoms with Gasteiger partial charge in [0.25, 0.3) is 15.9 Å². The summed E-state index contributed by atoms with van der Waals surface area (Å²) in [6.45, 7) is 5.15. The van der Waals surface area contributed by atoms with Crippen LogP contribution >= 0.6 is 0 Å². The highest BCUT2D eigenvalue weighted by atomic mass is 32.2. The summed E-state index contributed by atoms with van der Waals surface area (Å²) in [5.41, 5.74) is 1.93. The number of hydrogen-bond acceptors (Lipinski definition) is 4. The fraction of sp³-hybridized carbons (Fsp3) is 0.435. The second-order valence-corrected chi connectivity index (χ2v) is 9.89. The van der Waals surface area contributed by atoms with Crippen LogP contribution in [0.25, 0.3) is 0 Å². The molecular weight excluding hydrogens is 398 g/mol. The first kappa shape index (κ1) is 20.9. The largest absolute Gasteiger partial charge is 0.336 e. The molecule has 0 atom stereocenters. The second-order valence-electron chi connectivity index (χ2n) is 8.21. The molecule has 0 bridgehead atoms. The maximum absolute atomic E-state index is 12.9. The van der Waals surface area contributed by atoms with Crippen molar-refractivity contribution in [3.63, 3.8) is 0 Å². The summed E-state index contributed by atoms with van der Waals surface area (Å²) >= 11 is 0. The number of piperazine rings is 1. The molecule has 2 aromatic rings. The van der Waals surface area contributed by atoms with Crippen molar-refractivity contribution in [2.24, 2.45) is 0 Å². The number of benzene rings is 2. The molecule has 30 heavy (non-hydrogen) atoms. The van der Waals surface area contributed by atoms with E-state index < -0.39 is 10.0 Å². The Morgan fingerprint density at radius 2 is 1.57 bits per heavy atom. The highest BCUT2D eigenvalue weighted by Crippen LogP contribution is 2.25. The van der Waals surface area contributed by atoms with E-state index in [0.29, 0.717) is 17.3 Å². The van der Waals surface area contributed by atoms with Crippen LogP contribution in [0.4, 0.5) is 5.69 Å². The number of nitrogens with zero attached hydrogens (tertiary/aromatic N) is 2. The molecule has 1 heterocycles. The van der Waals surface area contributed by atoms with Gasteiger partial charge in [0, 0.05) is 37.8 Å². The lowest BCUT2D eigenvalue weighted by atomic mass is 10.1. The molecule has 2 aliphatic rings. The Morgan fingerprint density at radius 3 is 2.20 bits per heavy atom. The third kappa shape index (κ3) is 4.52. The van der Waals surface area contributed by atoms with Crippen LogP contribution in [-0.2, 0) is 10.0 Å². The molecule has 160 valence electrons. The van der Waals surface area contributed by atoms with Gasteiger partial charge in [-0.2, -0.15) is 0 Å². The summed E-state index contributed by atoms with van der Waals surface area (Å²) in [7, 11) is -3.70. The van der Waals surface area contributed by atoms with Gasteiger partial charge in [-0.05, 0) is 55.7 Å². The van der Waals surface area contributed by atoms with Crippen molar-refractivity contribution in [1.29, 1.82) is 0 Å². The normalized spacial score (nSPS) is 18.5. The van der Waals surface area contributed by atoms with Gasteiger partial charge in [-0.1, -0.05) is 31.0 Å². The minimum atomic E-state index is -3.70. The Bertz CT molecular complexity index is 991. The molecule has 0 spiro atoms. The summed E-state index contributed by atoms with van der Waals surface area (Å²) < 4.78 is 28.0. The van der Waals surface area contributed by atoms with Crippen LogP contribution in [0, 0.1) is 6.92 Å². The molecule has 1 amide bonds. The number of para-hydroxylation sites is 1. The average molecular weight is 428 g/mol. The topological polar surface area (TPSA) is 69.7 Å². The average Bonchev–Trinajstić information content (AvgIpc) is 3.30. The standard InChI is InChI=1S/C23H29N3O3S/c1-18-6-2-5-9-22(18)24-30(28,29)21-12-10-19(11-13-21)23(27)26-16-14-25(15-17-26)20-7-3-4-8-20/h2,5-6,9-13,20,24H,3-4,7-8,14-17H2,1H3. The van der Waals surface area contributed by atoms with Crippen LogP contribution in [0.3, 0.4) is 0 Å². The van der Waals surface area contributed by atoms with Gasteiger partial charge >= 0.3 is 0 Å². The van der Waals surface area contributed by atoms with E-state index in [-0.39, 0.29) is 10.8 Å². The fourth-order valence-corrected chi connectivity index (χ4v) is 5.54. The number of carbonyl (C=O) groups excluding carboxylic acids is 1. The fourth-order valence-electron chi connectivity index (χ4n) is 4.41. The van der Waals surface area contributed by atoms with E-state index in [1.807, 2.05) is 24.0 Å². The van der Waals surface area contributed by atoms with Crippen molar-refractivity contribution in [2.75, 3.05) is 30.9 Å². The van der Waals surface area contributed by atoms with Gasteiger partial charge in [-0.25, -0.2) is 8.42 Å². The van der Waals surface area contributed by atoms with E-state index >= 15 is 0 Å². The van der Waals surface area contributed by atoms with Gasteiger partial charge in [-0.3, -0.25) is 14.4 Å². The first-order valence-corrected chi connectivity index (χ1v) is 12.1. The second kappa shape index (κ2) is 8.78. The predicted molar refractivity (Wildman–Crippen MR) is 118 cm³/mol. The van der Waals surface area contributed by atoms with Gasteiger partial charge in [-0.15, -0.1) is 0 Å². The summed E-state index contributed by atoms with van der Waals surface area (Å²) in [6, 6.07) is 14.1. The summed E-state index contributed by atoms with van der Waals surface area (Å²) in [5.74, 6) is -0.0307. The zero-order valence-corrected chi connectivity index (χ0v) is 18.2. The molecule has 1 N–H and O–H groups in total. The van der Waals surface area contributed by atoms with Gasteiger partial charge in [0.05, 0.1) is 10.6 Å². The van der Waals surface area contributed by atoms with E-state index in [0.717, 1.165) is 31.7 Å². The molecule has 2 aromatic carbocycles. The van der Waals surface area contributed by atoms with E-state index in [1.165, 1.54) is 37.8 Å². The Balaban J connectivity index is 1.39. The van der Waals surface area contributed by atoms with Gasteiger partial charge in [0.15, 0.2) is 0 Å². The van der Waals surface area contributed by atoms with Crippen molar-refractivity contribution in [2.45, 2.75) is 43.5 Å². The number of aryl methyl sites for hydroxylation is 1. The molecule has 1 aliphatic heterocycles. The molecule has 7 heteroatoms. The maximum atomic E-state index is 12.9. The van der Waals surface area contributed by atoms with Crippen LogP contribution in [-0.4, -0.2) is 56.3 Å². The molecule has 0 radical (unpaired) electrons. The summed E-state index contributed by atoms with van der Waals surface area (Å²) in [4.78, 5) is 17.4. The monoisotopic (exact) mass is 427 g/mol. The Morgan fingerprint density at radius 1 is 0.933 bits per heavy atom. The minimum absolute atomic E-state index is 0.0307. The molecule has 4 rings (SSSR count). The summed E-state index contributed by atoms with van der Waals surface area (Å²) in [6.07, 6.45) is 5.19. The number of rotatable bonds is 5. The van der Waals surface area contributed by atoms with Crippen LogP contribution < -0.4 is 4.72 Å². The van der Waals surface area contributed by atoms with E-state index in [9.17, 15) is 13.2 Å². The molecule has 0 unspecified atom stereocenters. The third-order valence-corrected chi connectivity index (χ3v) is 7.62. The number of anilines is 1. The lowest BCUT2D eigenvalue weighted by Gasteiger charge is -2.38. The Labute approximate surface area is 178 Å². The quantitative estimate of drug-likeness (QED) is 0.793. The smallest absolute Gasteiger partial charge is 0.261 e. The number of nitrogens with one attached hydrogen (secondary N) is 1. The zero-order valence-electron chi connectivity index (χ0n) is 17.4. The van der Waals surface area contributed by atoms with Crippen LogP contribution in [0.1, 0.15) is 41.6 Å². The SMILES string of the molecule is Cc1ccccc1NS(=O)(=O)c1ccc(C(=O)N2CCN(C3CCCC3)CC2)cc1. The number of carbonyl (C=O) groups is 1. The molecule has 0 aromatic heterocycles. The highest BCUT2D eigenvalue weighted by molar-refractivity contribution is 7.92. The minimum Gasteiger partial charge on any atom is -0.336 e. The zero-order chi connectivity index (χ0) is 21.1. The van der Waals surface area contributed by atoms with Gasteiger partial charge < -0.3 is 4.90 Å². The molecule has 1 saturated carbocycles. The number of amides is 1. The van der Waals surface area contributed by atoms with Crippen molar-refractivity contribution in [1.82, 2.24) is 9.80 Å². The molecule has 6 nitrogen and oxygen atoms in total. The molecule has 1 aliphatic carbocycles. The van der Waals surface area contributed by atoms with Crippen LogP contribution in [0.5, 0.6) is 0 Å². The third-order valence-electron chi connectivity index (χ3n) is 6.24. The first-order chi connectivity index (χ1) is 14.4.